The zero-order chi connectivity index (χ0) is 20.4. The Labute approximate surface area is 180 Å². The summed E-state index contributed by atoms with van der Waals surface area (Å²) in [5.74, 6) is -0.383. The van der Waals surface area contributed by atoms with Crippen LogP contribution >= 0.6 is 27.5 Å². The Morgan fingerprint density at radius 2 is 1.69 bits per heavy atom. The zero-order valence-corrected chi connectivity index (χ0v) is 17.5. The van der Waals surface area contributed by atoms with Crippen molar-refractivity contribution in [3.05, 3.63) is 110 Å². The van der Waals surface area contributed by atoms with E-state index in [1.54, 1.807) is 12.1 Å². The lowest BCUT2D eigenvalue weighted by Crippen LogP contribution is -2.18. The van der Waals surface area contributed by atoms with Crippen molar-refractivity contribution < 1.29 is 4.79 Å². The number of aromatic amines is 1. The van der Waals surface area contributed by atoms with Gasteiger partial charge in [0.2, 0.25) is 0 Å². The van der Waals surface area contributed by atoms with Crippen molar-refractivity contribution in [1.29, 1.82) is 0 Å². The van der Waals surface area contributed by atoms with Gasteiger partial charge in [-0.05, 0) is 47.5 Å². The first kappa shape index (κ1) is 19.4. The number of carbonyl (C=O) groups is 1. The van der Waals surface area contributed by atoms with Crippen LogP contribution in [0.2, 0.25) is 5.02 Å². The molecule has 0 atom stereocenters. The summed E-state index contributed by atoms with van der Waals surface area (Å²) in [4.78, 5) is 28.8. The lowest BCUT2D eigenvalue weighted by Gasteiger charge is -2.12. The van der Waals surface area contributed by atoms with E-state index in [1.165, 1.54) is 6.08 Å². The molecular formula is C24H15BrClNO2. The summed E-state index contributed by atoms with van der Waals surface area (Å²) >= 11 is 9.65. The third kappa shape index (κ3) is 3.95. The highest BCUT2D eigenvalue weighted by atomic mass is 79.9. The first-order chi connectivity index (χ1) is 14.0. The molecule has 5 heteroatoms. The standard InChI is InChI=1S/C24H15BrClNO2/c25-17-11-12-20-18(14-17)22(16-7-2-1-3-8-16)23(24(29)27-20)21(28)13-10-15-6-4-5-9-19(15)26/h1-14H,(H,27,29)/b13-10+. The van der Waals surface area contributed by atoms with Crippen molar-refractivity contribution in [3.8, 4) is 11.1 Å². The smallest absolute Gasteiger partial charge is 0.260 e. The highest BCUT2D eigenvalue weighted by molar-refractivity contribution is 9.10. The quantitative estimate of drug-likeness (QED) is 0.276. The molecule has 3 aromatic carbocycles. The van der Waals surface area contributed by atoms with Crippen LogP contribution in [0.4, 0.5) is 0 Å². The van der Waals surface area contributed by atoms with Crippen LogP contribution in [0.15, 0.2) is 88.1 Å². The predicted molar refractivity (Wildman–Crippen MR) is 123 cm³/mol. The number of carbonyl (C=O) groups excluding carboxylic acids is 1. The Balaban J connectivity index is 1.94. The second kappa shape index (κ2) is 8.19. The lowest BCUT2D eigenvalue weighted by atomic mass is 9.94. The van der Waals surface area contributed by atoms with E-state index in [1.807, 2.05) is 66.7 Å². The third-order valence-electron chi connectivity index (χ3n) is 4.60. The Kier molecular flexibility index (Phi) is 5.47. The maximum absolute atomic E-state index is 13.1. The van der Waals surface area contributed by atoms with Crippen LogP contribution in [0.25, 0.3) is 28.1 Å². The minimum Gasteiger partial charge on any atom is -0.321 e. The second-order valence-electron chi connectivity index (χ2n) is 6.48. The summed E-state index contributed by atoms with van der Waals surface area (Å²) in [7, 11) is 0. The van der Waals surface area contributed by atoms with Crippen LogP contribution in [0, 0.1) is 0 Å². The van der Waals surface area contributed by atoms with Crippen LogP contribution in [-0.2, 0) is 0 Å². The van der Waals surface area contributed by atoms with Crippen LogP contribution in [-0.4, -0.2) is 10.8 Å². The fourth-order valence-corrected chi connectivity index (χ4v) is 3.82. The number of ketones is 1. The summed E-state index contributed by atoms with van der Waals surface area (Å²) in [6, 6.07) is 22.2. The maximum atomic E-state index is 13.1. The molecule has 0 bridgehead atoms. The molecule has 3 nitrogen and oxygen atoms in total. The van der Waals surface area contributed by atoms with Gasteiger partial charge in [0.1, 0.15) is 0 Å². The Morgan fingerprint density at radius 3 is 2.45 bits per heavy atom. The van der Waals surface area contributed by atoms with Gasteiger partial charge < -0.3 is 4.98 Å². The van der Waals surface area contributed by atoms with Crippen LogP contribution in [0.1, 0.15) is 15.9 Å². The number of hydrogen-bond donors (Lipinski definition) is 1. The number of H-pyrrole nitrogens is 1. The Morgan fingerprint density at radius 1 is 0.966 bits per heavy atom. The van der Waals surface area contributed by atoms with Crippen molar-refractivity contribution in [2.75, 3.05) is 0 Å². The van der Waals surface area contributed by atoms with E-state index in [9.17, 15) is 9.59 Å². The SMILES string of the molecule is O=C(/C=C/c1ccccc1Cl)c1c(-c2ccccc2)c2cc(Br)ccc2[nH]c1=O. The van der Waals surface area contributed by atoms with Crippen molar-refractivity contribution in [2.24, 2.45) is 0 Å². The summed E-state index contributed by atoms with van der Waals surface area (Å²) in [5, 5.41) is 1.33. The minimum atomic E-state index is -0.424. The van der Waals surface area contributed by atoms with Crippen LogP contribution in [0.5, 0.6) is 0 Å². The van der Waals surface area contributed by atoms with Crippen molar-refractivity contribution >= 4 is 50.3 Å². The summed E-state index contributed by atoms with van der Waals surface area (Å²) in [6.45, 7) is 0. The highest BCUT2D eigenvalue weighted by Gasteiger charge is 2.19. The van der Waals surface area contributed by atoms with Crippen molar-refractivity contribution in [2.45, 2.75) is 0 Å². The van der Waals surface area contributed by atoms with Gasteiger partial charge in [-0.25, -0.2) is 0 Å². The van der Waals surface area contributed by atoms with E-state index in [0.29, 0.717) is 21.7 Å². The summed E-state index contributed by atoms with van der Waals surface area (Å²) < 4.78 is 0.860. The van der Waals surface area contributed by atoms with Gasteiger partial charge in [0, 0.05) is 26.0 Å². The molecule has 0 unspecified atom stereocenters. The molecule has 0 fully saturated rings. The Hall–Kier alpha value is -2.95. The Bertz CT molecular complexity index is 1310. The largest absolute Gasteiger partial charge is 0.321 e. The van der Waals surface area contributed by atoms with Crippen molar-refractivity contribution in [1.82, 2.24) is 4.98 Å². The number of pyridine rings is 1. The average Bonchev–Trinajstić information content (AvgIpc) is 2.73. The molecule has 0 aliphatic carbocycles. The molecule has 0 aliphatic heterocycles. The highest BCUT2D eigenvalue weighted by Crippen LogP contribution is 2.31. The number of hydrogen-bond acceptors (Lipinski definition) is 2. The fraction of sp³-hybridized carbons (Fsp3) is 0. The molecule has 0 amide bonds. The van der Waals surface area contributed by atoms with E-state index in [-0.39, 0.29) is 11.3 Å². The van der Waals surface area contributed by atoms with E-state index in [0.717, 1.165) is 15.4 Å². The van der Waals surface area contributed by atoms with Crippen LogP contribution < -0.4 is 5.56 Å². The molecule has 142 valence electrons. The van der Waals surface area contributed by atoms with Gasteiger partial charge in [-0.1, -0.05) is 76.1 Å². The van der Waals surface area contributed by atoms with E-state index >= 15 is 0 Å². The third-order valence-corrected chi connectivity index (χ3v) is 5.44. The van der Waals surface area contributed by atoms with E-state index in [4.69, 9.17) is 11.6 Å². The lowest BCUT2D eigenvalue weighted by molar-refractivity contribution is 0.104. The maximum Gasteiger partial charge on any atom is 0.260 e. The number of fused-ring (bicyclic) bond motifs is 1. The van der Waals surface area contributed by atoms with Crippen LogP contribution in [0.3, 0.4) is 0 Å². The number of halogens is 2. The van der Waals surface area contributed by atoms with E-state index < -0.39 is 5.56 Å². The normalized spacial score (nSPS) is 11.2. The first-order valence-corrected chi connectivity index (χ1v) is 10.1. The number of rotatable bonds is 4. The fourth-order valence-electron chi connectivity index (χ4n) is 3.26. The molecule has 0 radical (unpaired) electrons. The molecule has 0 aliphatic rings. The zero-order valence-electron chi connectivity index (χ0n) is 15.2. The molecule has 0 saturated heterocycles. The monoisotopic (exact) mass is 463 g/mol. The molecule has 1 aromatic heterocycles. The number of allylic oxidation sites excluding steroid dienone is 1. The van der Waals surface area contributed by atoms with Gasteiger partial charge in [0.15, 0.2) is 5.78 Å². The van der Waals surface area contributed by atoms with Gasteiger partial charge in [-0.3, -0.25) is 9.59 Å². The first-order valence-electron chi connectivity index (χ1n) is 8.92. The van der Waals surface area contributed by atoms with Gasteiger partial charge in [0.25, 0.3) is 5.56 Å². The molecular weight excluding hydrogens is 450 g/mol. The van der Waals surface area contributed by atoms with Gasteiger partial charge >= 0.3 is 0 Å². The van der Waals surface area contributed by atoms with Gasteiger partial charge in [-0.15, -0.1) is 0 Å². The van der Waals surface area contributed by atoms with Crippen molar-refractivity contribution in [3.63, 3.8) is 0 Å². The number of nitrogens with one attached hydrogen (secondary N) is 1. The average molecular weight is 465 g/mol. The second-order valence-corrected chi connectivity index (χ2v) is 7.80. The van der Waals surface area contributed by atoms with E-state index in [2.05, 4.69) is 20.9 Å². The number of aromatic nitrogens is 1. The molecule has 0 saturated carbocycles. The molecule has 4 aromatic rings. The summed E-state index contributed by atoms with van der Waals surface area (Å²) in [5.41, 5.74) is 2.47. The molecule has 1 N–H and O–H groups in total. The number of benzene rings is 3. The molecule has 4 rings (SSSR count). The summed E-state index contributed by atoms with van der Waals surface area (Å²) in [6.07, 6.45) is 3.02. The topological polar surface area (TPSA) is 49.9 Å². The molecule has 1 heterocycles. The minimum absolute atomic E-state index is 0.102. The molecule has 0 spiro atoms. The van der Waals surface area contributed by atoms with Gasteiger partial charge in [0.05, 0.1) is 5.56 Å². The predicted octanol–water partition coefficient (Wildman–Crippen LogP) is 6.51. The van der Waals surface area contributed by atoms with Gasteiger partial charge in [-0.2, -0.15) is 0 Å². The molecule has 29 heavy (non-hydrogen) atoms.